The number of carbonyl (C=O) groups excluding carboxylic acids is 9. The van der Waals surface area contributed by atoms with E-state index in [2.05, 4.69) is 74.0 Å². The molecule has 0 unspecified atom stereocenters. The summed E-state index contributed by atoms with van der Waals surface area (Å²) in [6.07, 6.45) is -0.106. The highest BCUT2D eigenvalue weighted by Gasteiger charge is 2.78. The van der Waals surface area contributed by atoms with Gasteiger partial charge in [0.2, 0.25) is 35.5 Å². The van der Waals surface area contributed by atoms with Crippen LogP contribution in [0.25, 0.3) is 21.8 Å². The van der Waals surface area contributed by atoms with Gasteiger partial charge in [0.25, 0.3) is 17.4 Å². The van der Waals surface area contributed by atoms with E-state index in [0.29, 0.717) is 96.5 Å². The molecule has 5 aliphatic rings. The number of esters is 1. The normalized spacial score (nSPS) is 21.7. The van der Waals surface area contributed by atoms with E-state index in [1.807, 2.05) is 73.5 Å². The summed E-state index contributed by atoms with van der Waals surface area (Å²) in [5.41, 5.74) is 20.4. The standard InChI is InChI=1S/C89H115N19O25S2/c1-8-85(4,129)41-47-35-52(47)88(81(127)132-7,69-50(25-28-90)49-14-10-11-15-55(49)97-69)54-36-53-63(40-64(54)131-6)107(5)79-87(53)27-31-108-30-13-26-86(9-2,78(87)108)44(3)89(79,130)80(126)105-106-84(128)133-32-33-134-135-43-62(77(124)125)102-75(121)61(39-68(114)115)101-74(120)60(38-67(112)113)100-72(118)57(16-12-29-94-82(91)92)98-73(119)59(37-66(110)111)96-65(109)24-23-58(76(122)123)99-70(116)46-18-20-48(21-19-46)95-42-45-17-22-56-51(34-45)71(117)104-83(93)103-56/h10-11,13-15,17-22,26,34,36,40,44,47,52,57-62,78-79,95,97,129-130H,8-9,12,16,23-25,27-33,35,37-39,41-43,90H2,1-7H3,(H,96,109)(H,98,119)(H,99,116)(H,100,118)(H,101,120)(H,102,121)(H,105,126)(H,106,128)(H,110,111)(H,112,113)(H,114,115)(H,122,123)(H,124,125)(H4,91,92,94)(H3,93,103,104,117)/t44-,47+,52-,57+,58+,59-,60-,61+,62+,78+,79-,85+,86+,87-,88+,89-/m1/s1. The number of H-pyrrole nitrogens is 2. The Kier molecular flexibility index (Phi) is 32.8. The van der Waals surface area contributed by atoms with Gasteiger partial charge in [-0.3, -0.25) is 78.3 Å². The van der Waals surface area contributed by atoms with Crippen LogP contribution in [0.1, 0.15) is 143 Å². The van der Waals surface area contributed by atoms with Crippen LogP contribution in [-0.2, 0) is 90.8 Å². The van der Waals surface area contributed by atoms with Gasteiger partial charge in [0.05, 0.1) is 56.0 Å². The van der Waals surface area contributed by atoms with E-state index in [-0.39, 0.29) is 61.9 Å². The zero-order chi connectivity index (χ0) is 98.5. The molecule has 46 heteroatoms. The van der Waals surface area contributed by atoms with Gasteiger partial charge in [-0.05, 0) is 155 Å². The van der Waals surface area contributed by atoms with Crippen LogP contribution >= 0.6 is 21.6 Å². The molecular weight excluding hydrogens is 1800 g/mol. The second-order valence-corrected chi connectivity index (χ2v) is 37.3. The van der Waals surface area contributed by atoms with Crippen LogP contribution in [-0.4, -0.2) is 270 Å². The maximum absolute atomic E-state index is 15.7. The van der Waals surface area contributed by atoms with E-state index >= 15 is 9.59 Å². The molecule has 6 aromatic rings. The predicted octanol–water partition coefficient (Wildman–Crippen LogP) is 1.23. The van der Waals surface area contributed by atoms with Crippen molar-refractivity contribution in [2.75, 3.05) is 81.5 Å². The van der Waals surface area contributed by atoms with Gasteiger partial charge >= 0.3 is 41.9 Å². The molecule has 2 aromatic heterocycles. The zero-order valence-corrected chi connectivity index (χ0v) is 76.9. The van der Waals surface area contributed by atoms with Crippen LogP contribution in [0.15, 0.2) is 95.8 Å². The SMILES string of the molecule is CC[C@](C)(O)C[C@@H]1C[C@H]1[C@](C(=O)OC)(c1cc2c(cc1OC)N(C)[C@H]1[C@@](O)(C(=O)NNC(=O)OCCSSC[C@H](NC(=O)[C@H](CC(=O)O)NC(=O)[C@@H](CC(=O)O)NC(=O)[C@H](CCCNC(=N)N)NC(=O)[C@@H](CC(=O)O)NC(=O)CC[C@H](NC(=O)c3ccc(NCc4ccc5nc(N)[nH]c(=O)c5c4)cc3)C(=O)O)C(=O)O)[C@H](C)[C@]3(CC)C=CCN4CC[C@]21[C@@H]43)c1[nH]c2ccccc2c1CCN. The van der Waals surface area contributed by atoms with E-state index in [1.165, 1.54) is 38.5 Å². The number of aromatic nitrogens is 3. The van der Waals surface area contributed by atoms with Crippen LogP contribution in [0, 0.1) is 28.6 Å². The number of hydrogen-bond donors (Lipinski definition) is 23. The number of nitrogens with one attached hydrogen (secondary N) is 13. The molecule has 0 bridgehead atoms. The van der Waals surface area contributed by atoms with E-state index < -0.39 is 221 Å². The number of fused-ring (bicyclic) bond motifs is 3. The number of rotatable bonds is 47. The number of aliphatic hydroxyl groups is 2. The summed E-state index contributed by atoms with van der Waals surface area (Å²) in [7, 11) is 6.43. The number of ether oxygens (including phenoxy) is 3. The Morgan fingerprint density at radius 3 is 2.01 bits per heavy atom. The minimum Gasteiger partial charge on any atom is -0.496 e. The number of carboxylic acid groups (broad SMARTS) is 5. The Balaban J connectivity index is 0.703. The Hall–Kier alpha value is -13.3. The van der Waals surface area contributed by atoms with Crippen molar-refractivity contribution in [3.05, 3.63) is 135 Å². The quantitative estimate of drug-likeness (QED) is 0.00486. The molecular formula is C89H115N19O25S2. The summed E-state index contributed by atoms with van der Waals surface area (Å²) in [5, 5.41) is 103. The topological polar surface area (TPSA) is 699 Å². The van der Waals surface area contributed by atoms with Crippen LogP contribution in [0.4, 0.5) is 22.1 Å². The number of likely N-dealkylation sites (N-methyl/N-ethyl adjacent to an activating group) is 1. The molecule has 2 saturated carbocycles. The van der Waals surface area contributed by atoms with Crippen molar-refractivity contribution in [1.82, 2.24) is 67.9 Å². The number of guanidine groups is 1. The summed E-state index contributed by atoms with van der Waals surface area (Å²) in [5.74, 6) is -19.9. The molecule has 3 aliphatic heterocycles. The number of para-hydroxylation sites is 1. The van der Waals surface area contributed by atoms with Gasteiger partial charge in [-0.25, -0.2) is 24.8 Å². The van der Waals surface area contributed by atoms with E-state index in [4.69, 9.17) is 36.8 Å². The van der Waals surface area contributed by atoms with Gasteiger partial charge in [-0.15, -0.1) is 0 Å². The summed E-state index contributed by atoms with van der Waals surface area (Å²) in [6.45, 7) is 8.55. The minimum absolute atomic E-state index is 0.00258. The average molecular weight is 1920 g/mol. The first kappa shape index (κ1) is 102. The lowest BCUT2D eigenvalue weighted by molar-refractivity contribution is -0.179. The van der Waals surface area contributed by atoms with Gasteiger partial charge in [0.15, 0.2) is 11.6 Å². The summed E-state index contributed by atoms with van der Waals surface area (Å²) in [6, 6.07) is 9.10. The first-order valence-corrected chi connectivity index (χ1v) is 46.4. The van der Waals surface area contributed by atoms with Crippen molar-refractivity contribution in [3.63, 3.8) is 0 Å². The number of nitrogens with zero attached hydrogens (tertiary/aromatic N) is 3. The van der Waals surface area contributed by atoms with E-state index in [1.54, 1.807) is 32.2 Å². The third-order valence-electron chi connectivity index (χ3n) is 26.3. The third-order valence-corrected chi connectivity index (χ3v) is 28.7. The number of benzene rings is 4. The first-order valence-electron chi connectivity index (χ1n) is 43.9. The lowest BCUT2D eigenvalue weighted by Gasteiger charge is -2.64. The number of anilines is 3. The van der Waals surface area contributed by atoms with Crippen LogP contribution < -0.4 is 85.8 Å². The largest absolute Gasteiger partial charge is 0.496 e. The molecule has 11 rings (SSSR count). The number of hydrogen-bond acceptors (Lipinski definition) is 29. The molecule has 135 heavy (non-hydrogen) atoms. The highest BCUT2D eigenvalue weighted by Crippen LogP contribution is 2.70. The molecule has 8 amide bonds. The third kappa shape index (κ3) is 22.2. The molecule has 26 N–H and O–H groups in total. The maximum Gasteiger partial charge on any atom is 0.426 e. The molecule has 0 radical (unpaired) electrons. The summed E-state index contributed by atoms with van der Waals surface area (Å²) in [4.78, 5) is 216. The number of aromatic amines is 2. The van der Waals surface area contributed by atoms with Crippen molar-refractivity contribution in [2.45, 2.75) is 188 Å². The van der Waals surface area contributed by atoms with Crippen molar-refractivity contribution < 1.29 is 117 Å². The van der Waals surface area contributed by atoms with Crippen molar-refractivity contribution in [3.8, 4) is 5.75 Å². The average Bonchev–Trinajstić information content (AvgIpc) is 1.49. The molecule has 2 aliphatic carbocycles. The fraction of sp³-hybridized carbons (Fsp3) is 0.494. The minimum atomic E-state index is -2.33. The van der Waals surface area contributed by atoms with Crippen LogP contribution in [0.5, 0.6) is 5.75 Å². The highest BCUT2D eigenvalue weighted by molar-refractivity contribution is 8.76. The number of carbonyl (C=O) groups is 14. The Labute approximate surface area is 781 Å². The Morgan fingerprint density at radius 1 is 0.756 bits per heavy atom. The lowest BCUT2D eigenvalue weighted by atomic mass is 9.45. The first-order chi connectivity index (χ1) is 64.1. The molecule has 3 fully saturated rings. The molecule has 728 valence electrons. The molecule has 4 aromatic carbocycles. The van der Waals surface area contributed by atoms with Crippen molar-refractivity contribution in [2.24, 2.45) is 34.6 Å². The number of aliphatic carboxylic acids is 5. The monoisotopic (exact) mass is 1910 g/mol. The molecule has 44 nitrogen and oxygen atoms in total. The number of amides is 8. The molecule has 1 spiro atoms. The molecule has 5 heterocycles. The molecule has 1 saturated heterocycles. The van der Waals surface area contributed by atoms with Gasteiger partial charge in [0, 0.05) is 113 Å². The van der Waals surface area contributed by atoms with Crippen LogP contribution in [0.3, 0.4) is 0 Å². The van der Waals surface area contributed by atoms with E-state index in [0.717, 1.165) is 43.6 Å². The van der Waals surface area contributed by atoms with Gasteiger partial charge in [-0.2, -0.15) is 0 Å². The lowest BCUT2D eigenvalue weighted by Crippen LogP contribution is -2.79. The maximum atomic E-state index is 15.7. The zero-order valence-electron chi connectivity index (χ0n) is 75.2. The molecule has 16 atom stereocenters. The summed E-state index contributed by atoms with van der Waals surface area (Å²) < 4.78 is 17.9. The smallest absolute Gasteiger partial charge is 0.426 e. The highest BCUT2D eigenvalue weighted by atomic mass is 33.1. The number of hydrazine groups is 1. The van der Waals surface area contributed by atoms with Crippen molar-refractivity contribution in [1.29, 1.82) is 5.41 Å². The number of carboxylic acids is 5. The van der Waals surface area contributed by atoms with Gasteiger partial charge in [-0.1, -0.05) is 78.8 Å². The predicted molar refractivity (Wildman–Crippen MR) is 493 cm³/mol. The Bertz CT molecular complexity index is 5640. The van der Waals surface area contributed by atoms with Gasteiger partial charge in [0.1, 0.15) is 54.0 Å². The van der Waals surface area contributed by atoms with E-state index in [9.17, 15) is 98.1 Å². The summed E-state index contributed by atoms with van der Waals surface area (Å²) >= 11 is 0. The van der Waals surface area contributed by atoms with Crippen molar-refractivity contribution >= 4 is 150 Å². The number of nitrogen functional groups attached to an aromatic ring is 1. The van der Waals surface area contributed by atoms with Gasteiger partial charge < -0.3 is 120 Å². The fourth-order valence-electron chi connectivity index (χ4n) is 19.8. The fourth-order valence-corrected chi connectivity index (χ4v) is 21.8. The Morgan fingerprint density at radius 2 is 1.39 bits per heavy atom. The second kappa shape index (κ2) is 43.4. The van der Waals surface area contributed by atoms with Crippen LogP contribution in [0.2, 0.25) is 0 Å². The number of nitrogens with two attached hydrogens (primary N) is 3. The number of methoxy groups -OCH3 is 2. The second-order valence-electron chi connectivity index (χ2n) is 34.6.